The molecule has 0 aliphatic rings. The molecular formula is C16H15BrN2S. The number of halogens is 1. The summed E-state index contributed by atoms with van der Waals surface area (Å²) in [6.07, 6.45) is 0. The number of benzene rings is 2. The molecule has 1 heterocycles. The average Bonchev–Trinajstić information content (AvgIpc) is 2.77. The SMILES string of the molecule is Cc1nc(CNc2ccc(Br)c3ccccc23)sc1C. The summed E-state index contributed by atoms with van der Waals surface area (Å²) >= 11 is 5.36. The van der Waals surface area contributed by atoms with Gasteiger partial charge in [-0.25, -0.2) is 4.98 Å². The second-order valence-corrected chi connectivity index (χ2v) is 6.89. The maximum atomic E-state index is 4.57. The van der Waals surface area contributed by atoms with Crippen LogP contribution in [0, 0.1) is 13.8 Å². The van der Waals surface area contributed by atoms with Crippen molar-refractivity contribution < 1.29 is 0 Å². The van der Waals surface area contributed by atoms with E-state index in [4.69, 9.17) is 0 Å². The van der Waals surface area contributed by atoms with Gasteiger partial charge >= 0.3 is 0 Å². The lowest BCUT2D eigenvalue weighted by Gasteiger charge is -2.09. The maximum absolute atomic E-state index is 4.57. The molecule has 3 rings (SSSR count). The van der Waals surface area contributed by atoms with E-state index in [-0.39, 0.29) is 0 Å². The van der Waals surface area contributed by atoms with Crippen LogP contribution in [0.25, 0.3) is 10.8 Å². The Morgan fingerprint density at radius 1 is 1.10 bits per heavy atom. The fourth-order valence-electron chi connectivity index (χ4n) is 2.20. The van der Waals surface area contributed by atoms with Crippen LogP contribution >= 0.6 is 27.3 Å². The van der Waals surface area contributed by atoms with E-state index in [2.05, 4.69) is 76.5 Å². The van der Waals surface area contributed by atoms with Gasteiger partial charge in [0.05, 0.1) is 12.2 Å². The first-order chi connectivity index (χ1) is 9.65. The van der Waals surface area contributed by atoms with E-state index in [1.54, 1.807) is 11.3 Å². The van der Waals surface area contributed by atoms with Gasteiger partial charge in [-0.05, 0) is 31.4 Å². The summed E-state index contributed by atoms with van der Waals surface area (Å²) in [5, 5.41) is 7.08. The minimum atomic E-state index is 0.769. The largest absolute Gasteiger partial charge is 0.378 e. The molecule has 0 radical (unpaired) electrons. The molecule has 0 aliphatic carbocycles. The predicted octanol–water partition coefficient (Wildman–Crippen LogP) is 5.29. The van der Waals surface area contributed by atoms with Gasteiger partial charge in [-0.15, -0.1) is 11.3 Å². The lowest BCUT2D eigenvalue weighted by Crippen LogP contribution is -1.99. The van der Waals surface area contributed by atoms with Crippen LogP contribution < -0.4 is 5.32 Å². The number of nitrogens with one attached hydrogen (secondary N) is 1. The summed E-state index contributed by atoms with van der Waals surface area (Å²) in [5.41, 5.74) is 2.28. The fraction of sp³-hybridized carbons (Fsp3) is 0.188. The summed E-state index contributed by atoms with van der Waals surface area (Å²) in [4.78, 5) is 5.86. The molecule has 0 unspecified atom stereocenters. The van der Waals surface area contributed by atoms with Crippen molar-refractivity contribution in [3.05, 3.63) is 56.4 Å². The predicted molar refractivity (Wildman–Crippen MR) is 90.6 cm³/mol. The van der Waals surface area contributed by atoms with E-state index in [9.17, 15) is 0 Å². The Morgan fingerprint density at radius 2 is 1.85 bits per heavy atom. The molecule has 0 amide bonds. The number of fused-ring (bicyclic) bond motifs is 1. The number of hydrogen-bond acceptors (Lipinski definition) is 3. The van der Waals surface area contributed by atoms with E-state index >= 15 is 0 Å². The number of anilines is 1. The highest BCUT2D eigenvalue weighted by Crippen LogP contribution is 2.30. The Hall–Kier alpha value is -1.39. The molecule has 1 aromatic heterocycles. The molecule has 102 valence electrons. The summed E-state index contributed by atoms with van der Waals surface area (Å²) < 4.78 is 1.12. The monoisotopic (exact) mass is 346 g/mol. The van der Waals surface area contributed by atoms with E-state index < -0.39 is 0 Å². The van der Waals surface area contributed by atoms with Crippen LogP contribution in [0.5, 0.6) is 0 Å². The van der Waals surface area contributed by atoms with Gasteiger partial charge in [0.15, 0.2) is 0 Å². The van der Waals surface area contributed by atoms with Crippen molar-refractivity contribution in [2.24, 2.45) is 0 Å². The fourth-order valence-corrected chi connectivity index (χ4v) is 3.55. The second-order valence-electron chi connectivity index (χ2n) is 4.74. The van der Waals surface area contributed by atoms with Crippen LogP contribution in [0.4, 0.5) is 5.69 Å². The van der Waals surface area contributed by atoms with Crippen molar-refractivity contribution in [2.45, 2.75) is 20.4 Å². The zero-order valence-electron chi connectivity index (χ0n) is 11.4. The third-order valence-corrected chi connectivity index (χ3v) is 5.14. The van der Waals surface area contributed by atoms with Gasteiger partial charge in [-0.1, -0.05) is 40.2 Å². The lowest BCUT2D eigenvalue weighted by atomic mass is 10.1. The Bertz CT molecular complexity index is 745. The van der Waals surface area contributed by atoms with Crippen LogP contribution in [0.2, 0.25) is 0 Å². The van der Waals surface area contributed by atoms with Gasteiger partial charge in [0.25, 0.3) is 0 Å². The number of rotatable bonds is 3. The zero-order chi connectivity index (χ0) is 14.1. The van der Waals surface area contributed by atoms with Gasteiger partial charge in [0.1, 0.15) is 5.01 Å². The van der Waals surface area contributed by atoms with E-state index in [1.165, 1.54) is 15.6 Å². The molecular weight excluding hydrogens is 332 g/mol. The van der Waals surface area contributed by atoms with E-state index in [0.717, 1.165) is 27.4 Å². The van der Waals surface area contributed by atoms with Crippen molar-refractivity contribution in [1.82, 2.24) is 4.98 Å². The molecule has 2 aromatic carbocycles. The highest BCUT2D eigenvalue weighted by molar-refractivity contribution is 9.10. The van der Waals surface area contributed by atoms with Crippen molar-refractivity contribution in [3.63, 3.8) is 0 Å². The summed E-state index contributed by atoms with van der Waals surface area (Å²) in [5.74, 6) is 0. The first kappa shape index (κ1) is 13.6. The molecule has 3 aromatic rings. The summed E-state index contributed by atoms with van der Waals surface area (Å²) in [6.45, 7) is 4.95. The minimum Gasteiger partial charge on any atom is -0.378 e. The summed E-state index contributed by atoms with van der Waals surface area (Å²) in [7, 11) is 0. The molecule has 2 nitrogen and oxygen atoms in total. The molecule has 1 N–H and O–H groups in total. The van der Waals surface area contributed by atoms with Crippen LogP contribution in [-0.4, -0.2) is 4.98 Å². The third kappa shape index (κ3) is 2.58. The Labute approximate surface area is 131 Å². The van der Waals surface area contributed by atoms with Gasteiger partial charge in [0, 0.05) is 20.4 Å². The average molecular weight is 347 g/mol. The zero-order valence-corrected chi connectivity index (χ0v) is 13.8. The van der Waals surface area contributed by atoms with Crippen molar-refractivity contribution in [1.29, 1.82) is 0 Å². The maximum Gasteiger partial charge on any atom is 0.112 e. The summed E-state index contributed by atoms with van der Waals surface area (Å²) in [6, 6.07) is 12.6. The normalized spacial score (nSPS) is 10.9. The van der Waals surface area contributed by atoms with Gasteiger partial charge in [0.2, 0.25) is 0 Å². The highest BCUT2D eigenvalue weighted by atomic mass is 79.9. The van der Waals surface area contributed by atoms with Crippen LogP contribution in [0.3, 0.4) is 0 Å². The third-order valence-electron chi connectivity index (χ3n) is 3.37. The number of aryl methyl sites for hydroxylation is 2. The van der Waals surface area contributed by atoms with Gasteiger partial charge < -0.3 is 5.32 Å². The Kier molecular flexibility index (Phi) is 3.76. The first-order valence-corrected chi connectivity index (χ1v) is 8.10. The molecule has 4 heteroatoms. The molecule has 0 fully saturated rings. The highest BCUT2D eigenvalue weighted by Gasteiger charge is 2.06. The molecule has 0 saturated heterocycles. The van der Waals surface area contributed by atoms with E-state index in [0.29, 0.717) is 0 Å². The minimum absolute atomic E-state index is 0.769. The quantitative estimate of drug-likeness (QED) is 0.697. The smallest absolute Gasteiger partial charge is 0.112 e. The molecule has 0 spiro atoms. The van der Waals surface area contributed by atoms with Crippen molar-refractivity contribution >= 4 is 43.7 Å². The topological polar surface area (TPSA) is 24.9 Å². The van der Waals surface area contributed by atoms with Crippen molar-refractivity contribution in [3.8, 4) is 0 Å². The first-order valence-electron chi connectivity index (χ1n) is 6.49. The number of nitrogens with zero attached hydrogens (tertiary/aromatic N) is 1. The Morgan fingerprint density at radius 3 is 2.55 bits per heavy atom. The molecule has 0 bridgehead atoms. The number of aromatic nitrogens is 1. The number of thiazole rings is 1. The molecule has 0 saturated carbocycles. The van der Waals surface area contributed by atoms with Gasteiger partial charge in [-0.2, -0.15) is 0 Å². The van der Waals surface area contributed by atoms with E-state index in [1.807, 2.05) is 0 Å². The van der Waals surface area contributed by atoms with Gasteiger partial charge in [-0.3, -0.25) is 0 Å². The Balaban J connectivity index is 1.89. The van der Waals surface area contributed by atoms with Crippen LogP contribution in [0.15, 0.2) is 40.9 Å². The van der Waals surface area contributed by atoms with Crippen molar-refractivity contribution in [2.75, 3.05) is 5.32 Å². The molecule has 0 atom stereocenters. The molecule has 0 aliphatic heterocycles. The standard InChI is InChI=1S/C16H15BrN2S/c1-10-11(2)20-16(19-10)9-18-15-8-7-14(17)12-5-3-4-6-13(12)15/h3-8,18H,9H2,1-2H3. The second kappa shape index (κ2) is 5.54. The van der Waals surface area contributed by atoms with Crippen LogP contribution in [-0.2, 0) is 6.54 Å². The molecule has 20 heavy (non-hydrogen) atoms. The number of hydrogen-bond donors (Lipinski definition) is 1. The lowest BCUT2D eigenvalue weighted by molar-refractivity contribution is 1.07. The van der Waals surface area contributed by atoms with Crippen LogP contribution in [0.1, 0.15) is 15.6 Å².